The highest BCUT2D eigenvalue weighted by molar-refractivity contribution is 5.70. The van der Waals surface area contributed by atoms with Crippen LogP contribution < -0.4 is 0 Å². The van der Waals surface area contributed by atoms with Crippen molar-refractivity contribution in [3.63, 3.8) is 0 Å². The monoisotopic (exact) mass is 245 g/mol. The molecule has 100 valence electrons. The van der Waals surface area contributed by atoms with E-state index in [9.17, 15) is 4.79 Å². The zero-order chi connectivity index (χ0) is 13.6. The molecule has 0 aromatic rings. The van der Waals surface area contributed by atoms with E-state index in [1.54, 1.807) is 0 Å². The number of piperidine rings is 1. The molecule has 5 nitrogen and oxygen atoms in total. The number of carboxylic acids is 2. The van der Waals surface area contributed by atoms with Crippen molar-refractivity contribution < 1.29 is 19.8 Å². The summed E-state index contributed by atoms with van der Waals surface area (Å²) in [5.41, 5.74) is 0.184. The first kappa shape index (κ1) is 15.9. The van der Waals surface area contributed by atoms with Crippen molar-refractivity contribution in [3.8, 4) is 0 Å². The largest absolute Gasteiger partial charge is 0.481 e. The third-order valence-corrected chi connectivity index (χ3v) is 2.79. The average molecular weight is 245 g/mol. The molecule has 1 aliphatic heterocycles. The molecule has 1 rings (SSSR count). The Morgan fingerprint density at radius 1 is 1.12 bits per heavy atom. The Bertz CT molecular complexity index is 258. The second-order valence-corrected chi connectivity index (χ2v) is 5.29. The predicted octanol–water partition coefficient (Wildman–Crippen LogP) is 1.67. The Morgan fingerprint density at radius 2 is 1.47 bits per heavy atom. The summed E-state index contributed by atoms with van der Waals surface area (Å²) in [6, 6.07) is 0. The van der Waals surface area contributed by atoms with E-state index < -0.39 is 11.9 Å². The highest BCUT2D eigenvalue weighted by Gasteiger charge is 2.29. The zero-order valence-electron chi connectivity index (χ0n) is 11.1. The SMILES string of the molecule is CC(=O)O.CC(C)(C)N1CCC(C(=O)O)CC1. The molecule has 0 aromatic heterocycles. The first-order valence-electron chi connectivity index (χ1n) is 5.82. The van der Waals surface area contributed by atoms with Gasteiger partial charge in [0.15, 0.2) is 0 Å². The highest BCUT2D eigenvalue weighted by atomic mass is 16.4. The number of rotatable bonds is 1. The first-order valence-corrected chi connectivity index (χ1v) is 5.82. The molecule has 0 radical (unpaired) electrons. The molecular weight excluding hydrogens is 222 g/mol. The van der Waals surface area contributed by atoms with E-state index in [0.717, 1.165) is 32.9 Å². The molecule has 0 bridgehead atoms. The van der Waals surface area contributed by atoms with Crippen LogP contribution in [0.25, 0.3) is 0 Å². The average Bonchev–Trinajstić information content (AvgIpc) is 2.15. The molecule has 1 saturated heterocycles. The summed E-state index contributed by atoms with van der Waals surface area (Å²) in [5, 5.41) is 16.2. The van der Waals surface area contributed by atoms with E-state index in [-0.39, 0.29) is 11.5 Å². The maximum atomic E-state index is 10.7. The zero-order valence-corrected chi connectivity index (χ0v) is 11.1. The Labute approximate surface area is 102 Å². The van der Waals surface area contributed by atoms with Crippen LogP contribution in [0.3, 0.4) is 0 Å². The number of hydrogen-bond acceptors (Lipinski definition) is 3. The lowest BCUT2D eigenvalue weighted by Crippen LogP contribution is -2.47. The summed E-state index contributed by atoms with van der Waals surface area (Å²) >= 11 is 0. The van der Waals surface area contributed by atoms with Crippen molar-refractivity contribution >= 4 is 11.9 Å². The molecule has 17 heavy (non-hydrogen) atoms. The number of aliphatic carboxylic acids is 2. The van der Waals surface area contributed by atoms with E-state index in [0.29, 0.717) is 0 Å². The normalized spacial score (nSPS) is 18.1. The summed E-state index contributed by atoms with van der Waals surface area (Å²) in [6.45, 7) is 9.44. The van der Waals surface area contributed by atoms with Crippen molar-refractivity contribution in [2.75, 3.05) is 13.1 Å². The number of nitrogens with zero attached hydrogens (tertiary/aromatic N) is 1. The van der Waals surface area contributed by atoms with Gasteiger partial charge in [0.1, 0.15) is 0 Å². The smallest absolute Gasteiger partial charge is 0.306 e. The lowest BCUT2D eigenvalue weighted by atomic mass is 9.93. The van der Waals surface area contributed by atoms with Gasteiger partial charge in [-0.2, -0.15) is 0 Å². The van der Waals surface area contributed by atoms with Crippen molar-refractivity contribution in [2.45, 2.75) is 46.1 Å². The van der Waals surface area contributed by atoms with Crippen LogP contribution in [-0.2, 0) is 9.59 Å². The summed E-state index contributed by atoms with van der Waals surface area (Å²) in [4.78, 5) is 22.0. The number of carbonyl (C=O) groups is 2. The lowest BCUT2D eigenvalue weighted by Gasteiger charge is -2.39. The van der Waals surface area contributed by atoms with Crippen molar-refractivity contribution in [1.29, 1.82) is 0 Å². The number of likely N-dealkylation sites (tertiary alicyclic amines) is 1. The summed E-state index contributed by atoms with van der Waals surface area (Å²) < 4.78 is 0. The minimum atomic E-state index is -0.833. The van der Waals surface area contributed by atoms with Gasteiger partial charge in [-0.05, 0) is 46.7 Å². The molecule has 0 spiro atoms. The summed E-state index contributed by atoms with van der Waals surface area (Å²) in [6.07, 6.45) is 1.60. The van der Waals surface area contributed by atoms with Gasteiger partial charge in [0.05, 0.1) is 5.92 Å². The molecule has 0 aromatic carbocycles. The molecule has 5 heteroatoms. The number of hydrogen-bond donors (Lipinski definition) is 2. The van der Waals surface area contributed by atoms with Crippen LogP contribution in [0, 0.1) is 5.92 Å². The Kier molecular flexibility index (Phi) is 6.16. The molecule has 0 atom stereocenters. The molecule has 1 aliphatic rings. The maximum Gasteiger partial charge on any atom is 0.306 e. The van der Waals surface area contributed by atoms with Crippen molar-refractivity contribution in [3.05, 3.63) is 0 Å². The van der Waals surface area contributed by atoms with Crippen LogP contribution in [0.15, 0.2) is 0 Å². The molecule has 0 saturated carbocycles. The van der Waals surface area contributed by atoms with Gasteiger partial charge in [0, 0.05) is 12.5 Å². The molecule has 0 aliphatic carbocycles. The van der Waals surface area contributed by atoms with Gasteiger partial charge in [-0.25, -0.2) is 0 Å². The van der Waals surface area contributed by atoms with Crippen molar-refractivity contribution in [1.82, 2.24) is 4.90 Å². The van der Waals surface area contributed by atoms with Crippen LogP contribution in [-0.4, -0.2) is 45.7 Å². The molecule has 2 N–H and O–H groups in total. The molecule has 1 fully saturated rings. The van der Waals surface area contributed by atoms with Gasteiger partial charge >= 0.3 is 5.97 Å². The second-order valence-electron chi connectivity index (χ2n) is 5.29. The quantitative estimate of drug-likeness (QED) is 0.734. The van der Waals surface area contributed by atoms with E-state index in [1.165, 1.54) is 0 Å². The van der Waals surface area contributed by atoms with Gasteiger partial charge in [0.2, 0.25) is 0 Å². The molecule has 0 unspecified atom stereocenters. The van der Waals surface area contributed by atoms with E-state index in [4.69, 9.17) is 15.0 Å². The first-order chi connectivity index (χ1) is 7.64. The predicted molar refractivity (Wildman–Crippen MR) is 65.0 cm³/mol. The summed E-state index contributed by atoms with van der Waals surface area (Å²) in [5.74, 6) is -1.58. The molecular formula is C12H23NO4. The van der Waals surface area contributed by atoms with Gasteiger partial charge in [0.25, 0.3) is 5.97 Å². The Balaban J connectivity index is 0.000000557. The van der Waals surface area contributed by atoms with E-state index >= 15 is 0 Å². The second kappa shape index (κ2) is 6.59. The maximum absolute atomic E-state index is 10.7. The van der Waals surface area contributed by atoms with Gasteiger partial charge in [-0.3, -0.25) is 14.5 Å². The van der Waals surface area contributed by atoms with Crippen LogP contribution in [0.4, 0.5) is 0 Å². The fraction of sp³-hybridized carbons (Fsp3) is 0.833. The number of carboxylic acid groups (broad SMARTS) is 2. The van der Waals surface area contributed by atoms with Crippen LogP contribution in [0.2, 0.25) is 0 Å². The molecule has 1 heterocycles. The Hall–Kier alpha value is -1.10. The molecule has 0 amide bonds. The third kappa shape index (κ3) is 6.94. The van der Waals surface area contributed by atoms with Crippen LogP contribution in [0.5, 0.6) is 0 Å². The van der Waals surface area contributed by atoms with Crippen LogP contribution in [0.1, 0.15) is 40.5 Å². The fourth-order valence-corrected chi connectivity index (χ4v) is 1.80. The fourth-order valence-electron chi connectivity index (χ4n) is 1.80. The standard InChI is InChI=1S/C10H19NO2.C2H4O2/c1-10(2,3)11-6-4-8(5-7-11)9(12)13;1-2(3)4/h8H,4-7H2,1-3H3,(H,12,13);1H3,(H,3,4). The topological polar surface area (TPSA) is 77.8 Å². The van der Waals surface area contributed by atoms with E-state index in [2.05, 4.69) is 25.7 Å². The van der Waals surface area contributed by atoms with Crippen LogP contribution >= 0.6 is 0 Å². The van der Waals surface area contributed by atoms with E-state index in [1.807, 2.05) is 0 Å². The Morgan fingerprint density at radius 3 is 1.71 bits per heavy atom. The minimum Gasteiger partial charge on any atom is -0.481 e. The summed E-state index contributed by atoms with van der Waals surface area (Å²) in [7, 11) is 0. The minimum absolute atomic E-state index is 0.112. The van der Waals surface area contributed by atoms with Gasteiger partial charge in [-0.1, -0.05) is 0 Å². The lowest BCUT2D eigenvalue weighted by molar-refractivity contribution is -0.143. The highest BCUT2D eigenvalue weighted by Crippen LogP contribution is 2.23. The third-order valence-electron chi connectivity index (χ3n) is 2.79. The van der Waals surface area contributed by atoms with Gasteiger partial charge < -0.3 is 10.2 Å². The van der Waals surface area contributed by atoms with Gasteiger partial charge in [-0.15, -0.1) is 0 Å². The van der Waals surface area contributed by atoms with Crippen molar-refractivity contribution in [2.24, 2.45) is 5.92 Å².